The van der Waals surface area contributed by atoms with Gasteiger partial charge in [-0.1, -0.05) is 37.1 Å². The van der Waals surface area contributed by atoms with Gasteiger partial charge in [0.05, 0.1) is 4.90 Å². The van der Waals surface area contributed by atoms with Gasteiger partial charge in [0.1, 0.15) is 0 Å². The van der Waals surface area contributed by atoms with Gasteiger partial charge in [0.15, 0.2) is 6.61 Å². The molecule has 8 heteroatoms. The summed E-state index contributed by atoms with van der Waals surface area (Å²) in [6, 6.07) is 13.7. The number of amides is 1. The Labute approximate surface area is 189 Å². The van der Waals surface area contributed by atoms with Gasteiger partial charge in [-0.05, 0) is 61.2 Å². The average Bonchev–Trinajstić information content (AvgIpc) is 3.07. The van der Waals surface area contributed by atoms with Gasteiger partial charge in [-0.25, -0.2) is 13.2 Å². The van der Waals surface area contributed by atoms with Gasteiger partial charge in [-0.15, -0.1) is 0 Å². The summed E-state index contributed by atoms with van der Waals surface area (Å²) in [5, 5.41) is 2.66. The van der Waals surface area contributed by atoms with E-state index in [9.17, 15) is 18.0 Å². The quantitative estimate of drug-likeness (QED) is 0.506. The van der Waals surface area contributed by atoms with Crippen LogP contribution in [0.3, 0.4) is 0 Å². The lowest BCUT2D eigenvalue weighted by Crippen LogP contribution is -2.31. The summed E-state index contributed by atoms with van der Waals surface area (Å²) in [6.07, 6.45) is 6.59. The molecule has 0 aliphatic carbocycles. The number of esters is 1. The number of ether oxygens (including phenoxy) is 1. The van der Waals surface area contributed by atoms with Crippen molar-refractivity contribution in [3.05, 3.63) is 65.7 Å². The Morgan fingerprint density at radius 2 is 1.72 bits per heavy atom. The number of sulfonamides is 1. The molecule has 1 aliphatic heterocycles. The minimum Gasteiger partial charge on any atom is -0.452 e. The third-order valence-electron chi connectivity index (χ3n) is 5.14. The zero-order chi connectivity index (χ0) is 23.0. The first kappa shape index (κ1) is 23.7. The number of nitrogens with zero attached hydrogens (tertiary/aromatic N) is 1. The molecule has 0 spiro atoms. The van der Waals surface area contributed by atoms with Gasteiger partial charge in [-0.3, -0.25) is 4.79 Å². The van der Waals surface area contributed by atoms with E-state index in [1.54, 1.807) is 34.6 Å². The maximum atomic E-state index is 12.8. The van der Waals surface area contributed by atoms with Crippen LogP contribution < -0.4 is 5.32 Å². The van der Waals surface area contributed by atoms with Crippen LogP contribution in [0.5, 0.6) is 0 Å². The molecule has 170 valence electrons. The van der Waals surface area contributed by atoms with Crippen LogP contribution in [0.15, 0.2) is 59.5 Å². The molecular weight excluding hydrogens is 428 g/mol. The van der Waals surface area contributed by atoms with E-state index in [0.29, 0.717) is 24.3 Å². The number of carbonyl (C=O) groups is 2. The highest BCUT2D eigenvalue weighted by Crippen LogP contribution is 2.21. The fourth-order valence-electron chi connectivity index (χ4n) is 3.45. The molecule has 1 saturated heterocycles. The topological polar surface area (TPSA) is 92.8 Å². The second kappa shape index (κ2) is 11.1. The Kier molecular flexibility index (Phi) is 8.19. The Morgan fingerprint density at radius 3 is 2.38 bits per heavy atom. The number of hydrogen-bond acceptors (Lipinski definition) is 5. The SMILES string of the molecule is Cc1cccc(NC(=O)COC(=O)/C=C/c2ccc(S(=O)(=O)N3CCCCCC3)cc2)c1. The van der Waals surface area contributed by atoms with E-state index in [1.165, 1.54) is 12.2 Å². The lowest BCUT2D eigenvalue weighted by atomic mass is 10.2. The lowest BCUT2D eigenvalue weighted by molar-refractivity contribution is -0.142. The highest BCUT2D eigenvalue weighted by molar-refractivity contribution is 7.89. The predicted molar refractivity (Wildman–Crippen MR) is 123 cm³/mol. The normalized spacial score (nSPS) is 15.3. The summed E-state index contributed by atoms with van der Waals surface area (Å²) >= 11 is 0. The van der Waals surface area contributed by atoms with Crippen molar-refractivity contribution in [3.8, 4) is 0 Å². The van der Waals surface area contributed by atoms with Gasteiger partial charge in [0.2, 0.25) is 10.0 Å². The highest BCUT2D eigenvalue weighted by atomic mass is 32.2. The molecule has 0 bridgehead atoms. The lowest BCUT2D eigenvalue weighted by Gasteiger charge is -2.19. The first-order valence-electron chi connectivity index (χ1n) is 10.7. The number of nitrogens with one attached hydrogen (secondary N) is 1. The van der Waals surface area contributed by atoms with E-state index in [4.69, 9.17) is 4.74 Å². The Balaban J connectivity index is 1.51. The molecule has 1 fully saturated rings. The van der Waals surface area contributed by atoms with Crippen LogP contribution in [-0.4, -0.2) is 44.3 Å². The fourth-order valence-corrected chi connectivity index (χ4v) is 4.97. The van der Waals surface area contributed by atoms with Crippen molar-refractivity contribution >= 4 is 33.7 Å². The summed E-state index contributed by atoms with van der Waals surface area (Å²) in [5.74, 6) is -1.09. The molecule has 1 heterocycles. The van der Waals surface area contributed by atoms with E-state index in [1.807, 2.05) is 25.1 Å². The monoisotopic (exact) mass is 456 g/mol. The van der Waals surface area contributed by atoms with Crippen molar-refractivity contribution in [2.45, 2.75) is 37.5 Å². The standard InChI is InChI=1S/C24H28N2O5S/c1-19-7-6-8-21(17-19)25-23(27)18-31-24(28)14-11-20-9-12-22(13-10-20)32(29,30)26-15-4-2-3-5-16-26/h6-14,17H,2-5,15-16,18H2,1H3,(H,25,27)/b14-11+. The number of anilines is 1. The molecule has 7 nitrogen and oxygen atoms in total. The molecule has 0 atom stereocenters. The minimum atomic E-state index is -3.51. The Hall–Kier alpha value is -2.97. The minimum absolute atomic E-state index is 0.243. The molecule has 2 aromatic carbocycles. The first-order valence-corrected chi connectivity index (χ1v) is 12.1. The molecule has 32 heavy (non-hydrogen) atoms. The molecule has 2 aromatic rings. The van der Waals surface area contributed by atoms with Gasteiger partial charge in [-0.2, -0.15) is 4.31 Å². The number of benzene rings is 2. The number of carbonyl (C=O) groups excluding carboxylic acids is 2. The third-order valence-corrected chi connectivity index (χ3v) is 7.05. The van der Waals surface area contributed by atoms with Crippen LogP contribution in [0, 0.1) is 6.92 Å². The van der Waals surface area contributed by atoms with Crippen molar-refractivity contribution in [2.75, 3.05) is 25.0 Å². The van der Waals surface area contributed by atoms with E-state index in [2.05, 4.69) is 5.32 Å². The van der Waals surface area contributed by atoms with E-state index < -0.39 is 28.5 Å². The summed E-state index contributed by atoms with van der Waals surface area (Å²) in [5.41, 5.74) is 2.30. The predicted octanol–water partition coefficient (Wildman–Crippen LogP) is 3.75. The molecule has 0 unspecified atom stereocenters. The Morgan fingerprint density at radius 1 is 1.03 bits per heavy atom. The second-order valence-corrected chi connectivity index (χ2v) is 9.68. The third kappa shape index (κ3) is 6.77. The molecule has 1 amide bonds. The zero-order valence-corrected chi connectivity index (χ0v) is 18.9. The molecule has 3 rings (SSSR count). The smallest absolute Gasteiger partial charge is 0.331 e. The molecule has 0 aromatic heterocycles. The summed E-state index contributed by atoms with van der Waals surface area (Å²) in [4.78, 5) is 24.1. The molecule has 0 radical (unpaired) electrons. The van der Waals surface area contributed by atoms with Crippen LogP contribution in [0.2, 0.25) is 0 Å². The van der Waals surface area contributed by atoms with Crippen LogP contribution in [-0.2, 0) is 24.3 Å². The Bertz CT molecular complexity index is 1070. The van der Waals surface area contributed by atoms with E-state index in [-0.39, 0.29) is 4.90 Å². The molecule has 1 N–H and O–H groups in total. The van der Waals surface area contributed by atoms with E-state index in [0.717, 1.165) is 31.2 Å². The van der Waals surface area contributed by atoms with Crippen LogP contribution in [0.1, 0.15) is 36.8 Å². The maximum absolute atomic E-state index is 12.8. The summed E-state index contributed by atoms with van der Waals surface area (Å²) in [6.45, 7) is 2.61. The van der Waals surface area contributed by atoms with Crippen molar-refractivity contribution in [1.29, 1.82) is 0 Å². The summed E-state index contributed by atoms with van der Waals surface area (Å²) in [7, 11) is -3.51. The highest BCUT2D eigenvalue weighted by Gasteiger charge is 2.24. The molecule has 0 saturated carbocycles. The number of aryl methyl sites for hydroxylation is 1. The van der Waals surface area contributed by atoms with Gasteiger partial charge < -0.3 is 10.1 Å². The largest absolute Gasteiger partial charge is 0.452 e. The van der Waals surface area contributed by atoms with E-state index >= 15 is 0 Å². The summed E-state index contributed by atoms with van der Waals surface area (Å²) < 4.78 is 32.1. The van der Waals surface area contributed by atoms with Crippen molar-refractivity contribution < 1.29 is 22.7 Å². The molecule has 1 aliphatic rings. The second-order valence-electron chi connectivity index (χ2n) is 7.75. The first-order chi connectivity index (χ1) is 15.3. The number of rotatable bonds is 7. The van der Waals surface area contributed by atoms with Crippen LogP contribution >= 0.6 is 0 Å². The van der Waals surface area contributed by atoms with Gasteiger partial charge in [0, 0.05) is 24.9 Å². The average molecular weight is 457 g/mol. The van der Waals surface area contributed by atoms with Crippen molar-refractivity contribution in [3.63, 3.8) is 0 Å². The van der Waals surface area contributed by atoms with Gasteiger partial charge >= 0.3 is 5.97 Å². The fraction of sp³-hybridized carbons (Fsp3) is 0.333. The molecular formula is C24H28N2O5S. The maximum Gasteiger partial charge on any atom is 0.331 e. The van der Waals surface area contributed by atoms with Gasteiger partial charge in [0.25, 0.3) is 5.91 Å². The number of hydrogen-bond donors (Lipinski definition) is 1. The zero-order valence-electron chi connectivity index (χ0n) is 18.1. The van der Waals surface area contributed by atoms with Crippen molar-refractivity contribution in [2.24, 2.45) is 0 Å². The van der Waals surface area contributed by atoms with Crippen molar-refractivity contribution in [1.82, 2.24) is 4.31 Å². The van der Waals surface area contributed by atoms with Crippen LogP contribution in [0.4, 0.5) is 5.69 Å². The van der Waals surface area contributed by atoms with Crippen LogP contribution in [0.25, 0.3) is 6.08 Å².